The molecule has 0 spiro atoms. The Morgan fingerprint density at radius 3 is 2.21 bits per heavy atom. The number of ether oxygens (including phenoxy) is 1. The van der Waals surface area contributed by atoms with Crippen LogP contribution in [0, 0.1) is 0 Å². The molecule has 0 fully saturated rings. The molecule has 2 heteroatoms. The van der Waals surface area contributed by atoms with Crippen LogP contribution < -0.4 is 0 Å². The fourth-order valence-electron chi connectivity index (χ4n) is 1.55. The zero-order valence-electron chi connectivity index (χ0n) is 10.8. The molecule has 0 aliphatic heterocycles. The third-order valence-electron chi connectivity index (χ3n) is 2.48. The van der Waals surface area contributed by atoms with Crippen molar-refractivity contribution in [2.45, 2.75) is 4.90 Å². The number of allylic oxidation sites excluding steroid dienone is 2. The lowest BCUT2D eigenvalue weighted by atomic mass is 10.2. The highest BCUT2D eigenvalue weighted by Crippen LogP contribution is 2.26. The van der Waals surface area contributed by atoms with Gasteiger partial charge in [0, 0.05) is 4.90 Å². The van der Waals surface area contributed by atoms with Gasteiger partial charge >= 0.3 is 0 Å². The SMILES string of the molecule is CO/C(=C\C=C\c1ccccc1)Sc1ccccc1. The topological polar surface area (TPSA) is 9.23 Å². The molecule has 0 heterocycles. The second-order valence-corrected chi connectivity index (χ2v) is 4.95. The second-order valence-electron chi connectivity index (χ2n) is 3.87. The molecule has 0 saturated carbocycles. The van der Waals surface area contributed by atoms with Gasteiger partial charge in [0.15, 0.2) is 5.09 Å². The molecule has 0 atom stereocenters. The first kappa shape index (κ1) is 13.5. The van der Waals surface area contributed by atoms with Gasteiger partial charge in [0.05, 0.1) is 7.11 Å². The van der Waals surface area contributed by atoms with Gasteiger partial charge in [-0.25, -0.2) is 0 Å². The maximum absolute atomic E-state index is 5.37. The number of hydrogen-bond acceptors (Lipinski definition) is 2. The third kappa shape index (κ3) is 4.68. The minimum Gasteiger partial charge on any atom is -0.490 e. The van der Waals surface area contributed by atoms with Gasteiger partial charge in [0.2, 0.25) is 0 Å². The van der Waals surface area contributed by atoms with Crippen LogP contribution in [0.3, 0.4) is 0 Å². The normalized spacial score (nSPS) is 11.7. The maximum atomic E-state index is 5.37. The molecule has 19 heavy (non-hydrogen) atoms. The van der Waals surface area contributed by atoms with Gasteiger partial charge in [-0.2, -0.15) is 0 Å². The van der Waals surface area contributed by atoms with E-state index in [0.29, 0.717) is 0 Å². The molecule has 0 aliphatic rings. The van der Waals surface area contributed by atoms with Crippen LogP contribution in [-0.2, 0) is 4.74 Å². The molecular formula is C17H16OS. The Hall–Kier alpha value is -1.93. The van der Waals surface area contributed by atoms with Crippen LogP contribution in [0.4, 0.5) is 0 Å². The predicted molar refractivity (Wildman–Crippen MR) is 82.9 cm³/mol. The molecule has 0 amide bonds. The summed E-state index contributed by atoms with van der Waals surface area (Å²) in [7, 11) is 1.69. The zero-order valence-corrected chi connectivity index (χ0v) is 11.6. The smallest absolute Gasteiger partial charge is 0.157 e. The summed E-state index contributed by atoms with van der Waals surface area (Å²) in [5.41, 5.74) is 1.18. The van der Waals surface area contributed by atoms with Gasteiger partial charge in [0.1, 0.15) is 0 Å². The summed E-state index contributed by atoms with van der Waals surface area (Å²) < 4.78 is 5.37. The molecule has 0 unspecified atom stereocenters. The number of benzene rings is 2. The summed E-state index contributed by atoms with van der Waals surface area (Å²) >= 11 is 1.61. The molecule has 2 aromatic rings. The van der Waals surface area contributed by atoms with E-state index in [-0.39, 0.29) is 0 Å². The standard InChI is InChI=1S/C17H16OS/c1-18-17(19-16-12-6-3-7-13-16)14-8-11-15-9-4-2-5-10-15/h2-14H,1H3/b11-8+,17-14+. The van der Waals surface area contributed by atoms with Gasteiger partial charge in [-0.15, -0.1) is 0 Å². The molecule has 0 saturated heterocycles. The quantitative estimate of drug-likeness (QED) is 0.429. The molecule has 0 bridgehead atoms. The molecule has 0 radical (unpaired) electrons. The molecular weight excluding hydrogens is 252 g/mol. The fourth-order valence-corrected chi connectivity index (χ4v) is 2.31. The number of rotatable bonds is 5. The fraction of sp³-hybridized carbons (Fsp3) is 0.0588. The predicted octanol–water partition coefficient (Wildman–Crippen LogP) is 4.98. The molecule has 0 aromatic heterocycles. The Labute approximate surface area is 118 Å². The Kier molecular flexibility index (Phi) is 5.32. The summed E-state index contributed by atoms with van der Waals surface area (Å²) in [6, 6.07) is 20.4. The molecule has 0 aliphatic carbocycles. The van der Waals surface area contributed by atoms with Gasteiger partial charge in [-0.05, 0) is 23.8 Å². The lowest BCUT2D eigenvalue weighted by molar-refractivity contribution is 0.325. The van der Waals surface area contributed by atoms with E-state index in [0.717, 1.165) is 5.09 Å². The van der Waals surface area contributed by atoms with E-state index in [9.17, 15) is 0 Å². The first-order chi connectivity index (χ1) is 9.38. The van der Waals surface area contributed by atoms with Crippen molar-refractivity contribution in [1.29, 1.82) is 0 Å². The van der Waals surface area contributed by atoms with Crippen molar-refractivity contribution < 1.29 is 4.74 Å². The molecule has 1 nitrogen and oxygen atoms in total. The van der Waals surface area contributed by atoms with E-state index in [2.05, 4.69) is 30.3 Å². The van der Waals surface area contributed by atoms with Crippen molar-refractivity contribution in [1.82, 2.24) is 0 Å². The number of methoxy groups -OCH3 is 1. The lowest BCUT2D eigenvalue weighted by Crippen LogP contribution is -1.80. The van der Waals surface area contributed by atoms with Crippen molar-refractivity contribution in [3.05, 3.63) is 83.5 Å². The summed E-state index contributed by atoms with van der Waals surface area (Å²) in [4.78, 5) is 1.17. The van der Waals surface area contributed by atoms with Crippen molar-refractivity contribution in [2.24, 2.45) is 0 Å². The summed E-state index contributed by atoms with van der Waals surface area (Å²) in [5, 5.41) is 0.874. The Morgan fingerprint density at radius 1 is 0.947 bits per heavy atom. The molecule has 96 valence electrons. The van der Waals surface area contributed by atoms with Crippen LogP contribution in [0.15, 0.2) is 82.8 Å². The zero-order chi connectivity index (χ0) is 13.3. The van der Waals surface area contributed by atoms with Crippen molar-refractivity contribution in [3.63, 3.8) is 0 Å². The lowest BCUT2D eigenvalue weighted by Gasteiger charge is -2.04. The summed E-state index contributed by atoms with van der Waals surface area (Å²) in [6.45, 7) is 0. The van der Waals surface area contributed by atoms with Crippen molar-refractivity contribution >= 4 is 17.8 Å². The van der Waals surface area contributed by atoms with Gasteiger partial charge < -0.3 is 4.74 Å². The highest BCUT2D eigenvalue weighted by molar-refractivity contribution is 8.02. The summed E-state index contributed by atoms with van der Waals surface area (Å²) in [5.74, 6) is 0. The maximum Gasteiger partial charge on any atom is 0.157 e. The average Bonchev–Trinajstić information content (AvgIpc) is 2.48. The Balaban J connectivity index is 2.02. The van der Waals surface area contributed by atoms with Crippen LogP contribution in [0.1, 0.15) is 5.56 Å². The van der Waals surface area contributed by atoms with E-state index in [1.54, 1.807) is 18.9 Å². The van der Waals surface area contributed by atoms with Gasteiger partial charge in [0.25, 0.3) is 0 Å². The average molecular weight is 268 g/mol. The van der Waals surface area contributed by atoms with Crippen molar-refractivity contribution in [3.8, 4) is 0 Å². The van der Waals surface area contributed by atoms with Crippen LogP contribution in [0.2, 0.25) is 0 Å². The monoisotopic (exact) mass is 268 g/mol. The molecule has 0 N–H and O–H groups in total. The van der Waals surface area contributed by atoms with E-state index < -0.39 is 0 Å². The van der Waals surface area contributed by atoms with Crippen LogP contribution in [-0.4, -0.2) is 7.11 Å². The Morgan fingerprint density at radius 2 is 1.58 bits per heavy atom. The minimum absolute atomic E-state index is 0.874. The second kappa shape index (κ2) is 7.49. The molecule has 2 rings (SSSR count). The highest BCUT2D eigenvalue weighted by atomic mass is 32.2. The highest BCUT2D eigenvalue weighted by Gasteiger charge is 1.97. The Bertz CT molecular complexity index is 544. The first-order valence-corrected chi connectivity index (χ1v) is 6.90. The van der Waals surface area contributed by atoms with E-state index in [1.165, 1.54) is 10.5 Å². The van der Waals surface area contributed by atoms with Crippen LogP contribution in [0.25, 0.3) is 6.08 Å². The minimum atomic E-state index is 0.874. The van der Waals surface area contributed by atoms with Gasteiger partial charge in [-0.3, -0.25) is 0 Å². The largest absolute Gasteiger partial charge is 0.490 e. The van der Waals surface area contributed by atoms with E-state index >= 15 is 0 Å². The molecule has 2 aromatic carbocycles. The number of thioether (sulfide) groups is 1. The van der Waals surface area contributed by atoms with Crippen molar-refractivity contribution in [2.75, 3.05) is 7.11 Å². The van der Waals surface area contributed by atoms with Gasteiger partial charge in [-0.1, -0.05) is 72.4 Å². The van der Waals surface area contributed by atoms with Crippen LogP contribution >= 0.6 is 11.8 Å². The van der Waals surface area contributed by atoms with Crippen LogP contribution in [0.5, 0.6) is 0 Å². The van der Waals surface area contributed by atoms with E-state index in [4.69, 9.17) is 4.74 Å². The first-order valence-electron chi connectivity index (χ1n) is 6.09. The third-order valence-corrected chi connectivity index (χ3v) is 3.50. The summed E-state index contributed by atoms with van der Waals surface area (Å²) in [6.07, 6.45) is 6.04. The number of hydrogen-bond donors (Lipinski definition) is 0. The van der Waals surface area contributed by atoms with E-state index in [1.807, 2.05) is 48.6 Å².